The van der Waals surface area contributed by atoms with Crippen LogP contribution in [-0.4, -0.2) is 11.7 Å². The van der Waals surface area contributed by atoms with E-state index in [1.54, 1.807) is 0 Å². The van der Waals surface area contributed by atoms with E-state index in [1.165, 1.54) is 0 Å². The summed E-state index contributed by atoms with van der Waals surface area (Å²) in [5, 5.41) is 4.04. The maximum absolute atomic E-state index is 10.5. The smallest absolute Gasteiger partial charge is 0.332 e. The van der Waals surface area contributed by atoms with Crippen molar-refractivity contribution in [3.05, 3.63) is 24.3 Å². The number of carbonyl (C=O) groups is 1. The van der Waals surface area contributed by atoms with E-state index in [2.05, 4.69) is 34.8 Å². The van der Waals surface area contributed by atoms with Gasteiger partial charge in [-0.15, -0.1) is 0 Å². The normalized spacial score (nSPS) is 40.7. The molecule has 3 N–H and O–H groups in total. The summed E-state index contributed by atoms with van der Waals surface area (Å²) >= 11 is 0. The summed E-state index contributed by atoms with van der Waals surface area (Å²) in [6.45, 7) is 0. The summed E-state index contributed by atoms with van der Waals surface area (Å²) in [4.78, 5) is 10.5. The fraction of sp³-hybridized carbons (Fsp3) is 0.400. The van der Waals surface area contributed by atoms with Crippen molar-refractivity contribution >= 4 is 11.7 Å². The van der Waals surface area contributed by atoms with Crippen LogP contribution in [0.3, 0.4) is 0 Å². The summed E-state index contributed by atoms with van der Waals surface area (Å²) < 4.78 is 0. The number of primary amides is 1. The molecule has 0 bridgehead atoms. The van der Waals surface area contributed by atoms with E-state index < -0.39 is 6.03 Å². The Hall–Kier alpha value is -1.58. The van der Waals surface area contributed by atoms with Crippen LogP contribution in [0.15, 0.2) is 29.4 Å². The molecule has 0 aromatic carbocycles. The number of nitrogens with one attached hydrogen (secondary N) is 1. The van der Waals surface area contributed by atoms with Gasteiger partial charge in [0.2, 0.25) is 0 Å². The Labute approximate surface area is 81.5 Å². The molecule has 14 heavy (non-hydrogen) atoms. The van der Waals surface area contributed by atoms with E-state index in [9.17, 15) is 4.79 Å². The molecule has 1 fully saturated rings. The highest BCUT2D eigenvalue weighted by Gasteiger charge is 2.53. The first-order valence-electron chi connectivity index (χ1n) is 4.77. The van der Waals surface area contributed by atoms with Crippen molar-refractivity contribution in [2.24, 2.45) is 34.5 Å². The zero-order chi connectivity index (χ0) is 9.71. The third-order valence-corrected chi connectivity index (χ3v) is 3.33. The van der Waals surface area contributed by atoms with Crippen molar-refractivity contribution in [2.45, 2.75) is 0 Å². The lowest BCUT2D eigenvalue weighted by Crippen LogP contribution is -2.45. The fourth-order valence-corrected chi connectivity index (χ4v) is 2.74. The van der Waals surface area contributed by atoms with Gasteiger partial charge in [0.05, 0.1) is 5.71 Å². The number of nitrogens with two attached hydrogens (primary N) is 1. The van der Waals surface area contributed by atoms with Crippen LogP contribution >= 0.6 is 0 Å². The average molecular weight is 189 g/mol. The van der Waals surface area contributed by atoms with E-state index >= 15 is 0 Å². The molecule has 2 atom stereocenters. The molecule has 3 rings (SSSR count). The number of hydrazone groups is 1. The molecule has 72 valence electrons. The minimum atomic E-state index is -0.596. The molecule has 4 heteroatoms. The third-order valence-electron chi connectivity index (χ3n) is 3.33. The molecule has 2 amide bonds. The predicted molar refractivity (Wildman–Crippen MR) is 52.4 cm³/mol. The second-order valence-corrected chi connectivity index (χ2v) is 3.99. The molecule has 0 spiro atoms. The number of hydrogen-bond acceptors (Lipinski definition) is 2. The van der Waals surface area contributed by atoms with Crippen LogP contribution in [0.4, 0.5) is 4.79 Å². The van der Waals surface area contributed by atoms with Crippen molar-refractivity contribution in [2.75, 3.05) is 0 Å². The Morgan fingerprint density at radius 1 is 1.29 bits per heavy atom. The van der Waals surface area contributed by atoms with Crippen LogP contribution in [0.2, 0.25) is 0 Å². The van der Waals surface area contributed by atoms with Gasteiger partial charge in [0.1, 0.15) is 0 Å². The highest BCUT2D eigenvalue weighted by atomic mass is 16.2. The molecule has 3 aliphatic rings. The summed E-state index contributed by atoms with van der Waals surface area (Å²) in [6.07, 6.45) is 8.80. The van der Waals surface area contributed by atoms with Gasteiger partial charge < -0.3 is 5.73 Å². The first-order valence-corrected chi connectivity index (χ1v) is 4.77. The number of rotatable bonds is 1. The summed E-state index contributed by atoms with van der Waals surface area (Å²) in [5.74, 6) is 2.11. The van der Waals surface area contributed by atoms with Crippen molar-refractivity contribution in [1.82, 2.24) is 5.43 Å². The topological polar surface area (TPSA) is 67.5 Å². The monoisotopic (exact) mass is 189 g/mol. The number of nitrogens with zero attached hydrogens (tertiary/aromatic N) is 1. The highest BCUT2D eigenvalue weighted by Crippen LogP contribution is 2.53. The molecular weight excluding hydrogens is 178 g/mol. The van der Waals surface area contributed by atoms with Gasteiger partial charge >= 0.3 is 6.03 Å². The highest BCUT2D eigenvalue weighted by molar-refractivity contribution is 6.00. The lowest BCUT2D eigenvalue weighted by atomic mass is 9.65. The zero-order valence-corrected chi connectivity index (χ0v) is 7.55. The van der Waals surface area contributed by atoms with E-state index in [4.69, 9.17) is 5.73 Å². The summed E-state index contributed by atoms with van der Waals surface area (Å²) in [7, 11) is 0. The van der Waals surface area contributed by atoms with Gasteiger partial charge in [0, 0.05) is 11.8 Å². The largest absolute Gasteiger partial charge is 0.350 e. The summed E-state index contributed by atoms with van der Waals surface area (Å²) in [6, 6.07) is -0.596. The van der Waals surface area contributed by atoms with Gasteiger partial charge in [-0.05, 0) is 11.8 Å². The van der Waals surface area contributed by atoms with E-state index in [1.807, 2.05) is 0 Å². The molecule has 1 saturated carbocycles. The van der Waals surface area contributed by atoms with Crippen LogP contribution in [0.25, 0.3) is 0 Å². The second kappa shape index (κ2) is 2.47. The Kier molecular flexibility index (Phi) is 1.37. The van der Waals surface area contributed by atoms with Crippen molar-refractivity contribution in [1.29, 1.82) is 0 Å². The number of urea groups is 1. The predicted octanol–water partition coefficient (Wildman–Crippen LogP) is 0.629. The van der Waals surface area contributed by atoms with Gasteiger partial charge in [-0.1, -0.05) is 24.3 Å². The quantitative estimate of drug-likeness (QED) is 0.461. The van der Waals surface area contributed by atoms with Crippen LogP contribution in [0.1, 0.15) is 0 Å². The molecule has 0 aromatic rings. The first kappa shape index (κ1) is 7.79. The maximum Gasteiger partial charge on any atom is 0.332 e. The zero-order valence-electron chi connectivity index (χ0n) is 7.55. The Balaban J connectivity index is 1.84. The van der Waals surface area contributed by atoms with Gasteiger partial charge in [0.25, 0.3) is 0 Å². The van der Waals surface area contributed by atoms with Gasteiger partial charge in [0.15, 0.2) is 0 Å². The Morgan fingerprint density at radius 2 is 1.93 bits per heavy atom. The average Bonchev–Trinajstić information content (AvgIpc) is 2.55. The molecule has 0 unspecified atom stereocenters. The number of hydrogen-bond donors (Lipinski definition) is 2. The van der Waals surface area contributed by atoms with Crippen molar-refractivity contribution in [3.8, 4) is 0 Å². The summed E-state index contributed by atoms with van der Waals surface area (Å²) in [5.41, 5.74) is 8.31. The molecule has 0 aromatic heterocycles. The molecule has 3 aliphatic carbocycles. The van der Waals surface area contributed by atoms with Crippen LogP contribution < -0.4 is 11.2 Å². The number of amides is 2. The van der Waals surface area contributed by atoms with Gasteiger partial charge in [-0.2, -0.15) is 5.10 Å². The van der Waals surface area contributed by atoms with E-state index in [-0.39, 0.29) is 0 Å². The van der Waals surface area contributed by atoms with Crippen LogP contribution in [0, 0.1) is 23.7 Å². The molecular formula is C10H11N3O. The minimum absolute atomic E-state index is 0.423. The molecule has 0 aliphatic heterocycles. The fourth-order valence-electron chi connectivity index (χ4n) is 2.74. The molecule has 0 saturated heterocycles. The lowest BCUT2D eigenvalue weighted by molar-refractivity contribution is 0.248. The Morgan fingerprint density at radius 3 is 2.50 bits per heavy atom. The number of allylic oxidation sites excluding steroid dienone is 4. The molecule has 0 radical (unpaired) electrons. The van der Waals surface area contributed by atoms with E-state index in [0.29, 0.717) is 23.7 Å². The SMILES string of the molecule is NC(=O)NN=C1[C@@H]2C=CC3C=C[C@@H]1C32. The lowest BCUT2D eigenvalue weighted by Gasteiger charge is -2.38. The second-order valence-electron chi connectivity index (χ2n) is 3.99. The number of carbonyl (C=O) groups excluding carboxylic acids is 1. The first-order chi connectivity index (χ1) is 6.77. The standard InChI is InChI=1S/C10H11N3O/c11-10(14)13-12-9-6-3-1-5-2-4-7(9)8(5)6/h1-8H,(H3,11,13,14)/t5?,6-,7-,8?/m1/s1. The maximum atomic E-state index is 10.5. The van der Waals surface area contributed by atoms with Crippen LogP contribution in [-0.2, 0) is 0 Å². The van der Waals surface area contributed by atoms with Gasteiger partial charge in [-0.3, -0.25) is 0 Å². The van der Waals surface area contributed by atoms with E-state index in [0.717, 1.165) is 5.71 Å². The Bertz CT molecular complexity index is 359. The third kappa shape index (κ3) is 0.828. The molecule has 4 nitrogen and oxygen atoms in total. The molecule has 0 heterocycles. The van der Waals surface area contributed by atoms with Crippen molar-refractivity contribution in [3.63, 3.8) is 0 Å². The van der Waals surface area contributed by atoms with Crippen LogP contribution in [0.5, 0.6) is 0 Å². The minimum Gasteiger partial charge on any atom is -0.350 e. The van der Waals surface area contributed by atoms with Gasteiger partial charge in [-0.25, -0.2) is 10.2 Å². The van der Waals surface area contributed by atoms with Crippen molar-refractivity contribution < 1.29 is 4.79 Å².